The second-order valence-electron chi connectivity index (χ2n) is 4.29. The normalized spacial score (nSPS) is 12.0. The second kappa shape index (κ2) is 5.40. The molecular weight excluding hydrogens is 237 g/mol. The largest absolute Gasteiger partial charge is 1.00 e. The Morgan fingerprint density at radius 1 is 1.20 bits per heavy atom. The SMILES string of the molecule is CC(C)(C)c1ccccc1S(N)(=O)=O.[H-].[K+]. The van der Waals surface area contributed by atoms with E-state index in [1.807, 2.05) is 26.8 Å². The van der Waals surface area contributed by atoms with Crippen molar-refractivity contribution < 1.29 is 61.2 Å². The summed E-state index contributed by atoms with van der Waals surface area (Å²) in [5.41, 5.74) is 0.533. The number of primary sulfonamides is 1. The van der Waals surface area contributed by atoms with Crippen LogP contribution in [0.15, 0.2) is 29.2 Å². The molecule has 3 nitrogen and oxygen atoms in total. The van der Waals surface area contributed by atoms with Crippen molar-refractivity contribution in [2.75, 3.05) is 0 Å². The van der Waals surface area contributed by atoms with Crippen molar-refractivity contribution in [1.82, 2.24) is 0 Å². The Bertz CT molecular complexity index is 440. The van der Waals surface area contributed by atoms with Crippen molar-refractivity contribution in [1.29, 1.82) is 0 Å². The standard InChI is InChI=1S/C10H15NO2S.K.H/c1-10(2,3)8-6-4-5-7-9(8)14(11,12)13;;/h4-7H,1-3H3,(H2,11,12,13);;/q;+1;-1. The Kier molecular flexibility index (Phi) is 5.67. The van der Waals surface area contributed by atoms with Crippen molar-refractivity contribution in [2.24, 2.45) is 5.14 Å². The number of sulfonamides is 1. The van der Waals surface area contributed by atoms with Crippen LogP contribution in [-0.4, -0.2) is 8.42 Å². The van der Waals surface area contributed by atoms with E-state index in [1.54, 1.807) is 12.1 Å². The van der Waals surface area contributed by atoms with Gasteiger partial charge in [-0.2, -0.15) is 0 Å². The zero-order valence-electron chi connectivity index (χ0n) is 10.6. The first kappa shape index (κ1) is 15.8. The van der Waals surface area contributed by atoms with Crippen LogP contribution in [0.3, 0.4) is 0 Å². The predicted molar refractivity (Wildman–Crippen MR) is 57.6 cm³/mol. The molecule has 1 rings (SSSR count). The Balaban J connectivity index is 0. The minimum Gasteiger partial charge on any atom is -1.00 e. The van der Waals surface area contributed by atoms with Gasteiger partial charge in [0.15, 0.2) is 0 Å². The first-order chi connectivity index (χ1) is 6.23. The number of nitrogens with two attached hydrogens (primary N) is 1. The van der Waals surface area contributed by atoms with E-state index in [4.69, 9.17) is 5.14 Å². The van der Waals surface area contributed by atoms with Crippen molar-refractivity contribution in [3.8, 4) is 0 Å². The fourth-order valence-electron chi connectivity index (χ4n) is 1.33. The molecule has 1 aromatic carbocycles. The molecule has 0 spiro atoms. The Labute approximate surface area is 135 Å². The molecule has 0 aliphatic rings. The molecule has 0 unspecified atom stereocenters. The van der Waals surface area contributed by atoms with Gasteiger partial charge in [0.1, 0.15) is 0 Å². The van der Waals surface area contributed by atoms with Gasteiger partial charge in [-0.15, -0.1) is 0 Å². The minimum absolute atomic E-state index is 0. The van der Waals surface area contributed by atoms with E-state index in [0.717, 1.165) is 5.56 Å². The summed E-state index contributed by atoms with van der Waals surface area (Å²) < 4.78 is 22.6. The van der Waals surface area contributed by atoms with Gasteiger partial charge in [-0.1, -0.05) is 39.0 Å². The van der Waals surface area contributed by atoms with Crippen LogP contribution in [0.5, 0.6) is 0 Å². The molecule has 80 valence electrons. The van der Waals surface area contributed by atoms with Crippen LogP contribution < -0.4 is 56.5 Å². The van der Waals surface area contributed by atoms with Crippen LogP contribution in [0.2, 0.25) is 0 Å². The first-order valence-corrected chi connectivity index (χ1v) is 5.90. The summed E-state index contributed by atoms with van der Waals surface area (Å²) in [4.78, 5) is 0.215. The van der Waals surface area contributed by atoms with Gasteiger partial charge in [-0.05, 0) is 17.0 Å². The Hall–Kier alpha value is 0.766. The number of hydrogen-bond donors (Lipinski definition) is 1. The van der Waals surface area contributed by atoms with Crippen LogP contribution in [0, 0.1) is 0 Å². The average Bonchev–Trinajstić information content (AvgIpc) is 2.01. The Morgan fingerprint density at radius 3 is 2.00 bits per heavy atom. The van der Waals surface area contributed by atoms with Crippen LogP contribution >= 0.6 is 0 Å². The summed E-state index contributed by atoms with van der Waals surface area (Å²) in [5, 5.41) is 5.13. The fourth-order valence-corrected chi connectivity index (χ4v) is 2.28. The van der Waals surface area contributed by atoms with Gasteiger partial charge in [-0.3, -0.25) is 0 Å². The van der Waals surface area contributed by atoms with E-state index in [2.05, 4.69) is 0 Å². The molecule has 0 atom stereocenters. The topological polar surface area (TPSA) is 60.2 Å². The maximum Gasteiger partial charge on any atom is 1.00 e. The molecular formula is C10H16KNO2S. The molecule has 0 aromatic heterocycles. The molecule has 15 heavy (non-hydrogen) atoms. The van der Waals surface area contributed by atoms with E-state index in [1.165, 1.54) is 6.07 Å². The van der Waals surface area contributed by atoms with E-state index in [9.17, 15) is 8.42 Å². The van der Waals surface area contributed by atoms with Crippen molar-refractivity contribution >= 4 is 10.0 Å². The van der Waals surface area contributed by atoms with E-state index < -0.39 is 10.0 Å². The van der Waals surface area contributed by atoms with Gasteiger partial charge < -0.3 is 1.43 Å². The fraction of sp³-hybridized carbons (Fsp3) is 0.400. The van der Waals surface area contributed by atoms with Crippen LogP contribution in [0.25, 0.3) is 0 Å². The number of hydrogen-bond acceptors (Lipinski definition) is 2. The summed E-state index contributed by atoms with van der Waals surface area (Å²) in [5.74, 6) is 0. The molecule has 0 heterocycles. The van der Waals surface area contributed by atoms with Crippen LogP contribution in [0.1, 0.15) is 27.8 Å². The molecule has 0 aliphatic heterocycles. The Morgan fingerprint density at radius 2 is 1.67 bits per heavy atom. The number of rotatable bonds is 1. The number of benzene rings is 1. The average molecular weight is 253 g/mol. The molecule has 0 fully saturated rings. The van der Waals surface area contributed by atoms with Gasteiger partial charge in [-0.25, -0.2) is 13.6 Å². The maximum absolute atomic E-state index is 11.3. The first-order valence-electron chi connectivity index (χ1n) is 4.35. The molecule has 0 amide bonds. The van der Waals surface area contributed by atoms with E-state index in [-0.39, 0.29) is 63.1 Å². The quantitative estimate of drug-likeness (QED) is 0.636. The molecule has 0 aliphatic carbocycles. The van der Waals surface area contributed by atoms with Gasteiger partial charge in [0.05, 0.1) is 4.90 Å². The van der Waals surface area contributed by atoms with Gasteiger partial charge in [0.25, 0.3) is 0 Å². The molecule has 0 radical (unpaired) electrons. The van der Waals surface area contributed by atoms with Crippen molar-refractivity contribution in [3.05, 3.63) is 29.8 Å². The third-order valence-electron chi connectivity index (χ3n) is 2.00. The molecule has 5 heteroatoms. The molecule has 0 saturated carbocycles. The maximum atomic E-state index is 11.3. The van der Waals surface area contributed by atoms with E-state index >= 15 is 0 Å². The summed E-state index contributed by atoms with van der Waals surface area (Å²) in [7, 11) is -3.62. The zero-order valence-corrected chi connectivity index (χ0v) is 13.6. The third-order valence-corrected chi connectivity index (χ3v) is 2.97. The van der Waals surface area contributed by atoms with E-state index in [0.29, 0.717) is 0 Å². The summed E-state index contributed by atoms with van der Waals surface area (Å²) >= 11 is 0. The second-order valence-corrected chi connectivity index (χ2v) is 5.82. The van der Waals surface area contributed by atoms with Gasteiger partial charge >= 0.3 is 51.4 Å². The molecule has 1 aromatic rings. The summed E-state index contributed by atoms with van der Waals surface area (Å²) in [6.45, 7) is 5.87. The molecule has 2 N–H and O–H groups in total. The minimum atomic E-state index is -3.62. The zero-order chi connectivity index (χ0) is 11.0. The van der Waals surface area contributed by atoms with Crippen molar-refractivity contribution in [2.45, 2.75) is 31.1 Å². The summed E-state index contributed by atoms with van der Waals surface area (Å²) in [6, 6.07) is 6.82. The third kappa shape index (κ3) is 4.26. The smallest absolute Gasteiger partial charge is 1.00 e. The molecule has 0 bridgehead atoms. The predicted octanol–water partition coefficient (Wildman–Crippen LogP) is -1.25. The van der Waals surface area contributed by atoms with Gasteiger partial charge in [0.2, 0.25) is 10.0 Å². The summed E-state index contributed by atoms with van der Waals surface area (Å²) in [6.07, 6.45) is 0. The van der Waals surface area contributed by atoms with Crippen LogP contribution in [-0.2, 0) is 15.4 Å². The molecule has 0 saturated heterocycles. The van der Waals surface area contributed by atoms with Gasteiger partial charge in [0, 0.05) is 0 Å². The van der Waals surface area contributed by atoms with Crippen molar-refractivity contribution in [3.63, 3.8) is 0 Å². The van der Waals surface area contributed by atoms with Crippen LogP contribution in [0.4, 0.5) is 0 Å². The monoisotopic (exact) mass is 253 g/mol.